The van der Waals surface area contributed by atoms with Gasteiger partial charge in [0.05, 0.1) is 0 Å². The zero-order valence-corrected chi connectivity index (χ0v) is 23.1. The third kappa shape index (κ3) is 7.95. The number of aliphatic hydroxyl groups is 1. The first-order valence-corrected chi connectivity index (χ1v) is 13.4. The molecule has 0 aromatic heterocycles. The van der Waals surface area contributed by atoms with Gasteiger partial charge in [0.1, 0.15) is 11.7 Å². The van der Waals surface area contributed by atoms with Gasteiger partial charge in [-0.1, -0.05) is 104 Å². The highest BCUT2D eigenvalue weighted by Gasteiger charge is 2.19. The number of alkyl carbamates (subject to hydrolysis) is 1. The fraction of sp³-hybridized carbons (Fsp3) is 0.265. The minimum absolute atomic E-state index is 0.0527. The number of benzene rings is 4. The fourth-order valence-corrected chi connectivity index (χ4v) is 4.42. The van der Waals surface area contributed by atoms with Crippen molar-refractivity contribution in [2.45, 2.75) is 51.9 Å². The largest absolute Gasteiger partial charge is 0.444 e. The smallest absolute Gasteiger partial charge is 0.407 e. The van der Waals surface area contributed by atoms with Crippen molar-refractivity contribution in [2.75, 3.05) is 11.9 Å². The fourth-order valence-electron chi connectivity index (χ4n) is 4.42. The summed E-state index contributed by atoms with van der Waals surface area (Å²) >= 11 is 0. The summed E-state index contributed by atoms with van der Waals surface area (Å²) in [6, 6.07) is 34.6. The molecule has 0 aliphatic carbocycles. The Balaban J connectivity index is 1.41. The van der Waals surface area contributed by atoms with Crippen LogP contribution in [0.2, 0.25) is 0 Å². The third-order valence-corrected chi connectivity index (χ3v) is 6.55. The van der Waals surface area contributed by atoms with Crippen molar-refractivity contribution in [2.24, 2.45) is 0 Å². The van der Waals surface area contributed by atoms with Gasteiger partial charge in [-0.25, -0.2) is 4.79 Å². The number of rotatable bonds is 9. The number of hydrogen-bond acceptors (Lipinski definition) is 4. The lowest BCUT2D eigenvalue weighted by molar-refractivity contribution is 0.0525. The normalized spacial score (nSPS) is 12.8. The number of anilines is 1. The molecule has 1 amide bonds. The van der Waals surface area contributed by atoms with Crippen molar-refractivity contribution in [1.82, 2.24) is 5.32 Å². The number of para-hydroxylation sites is 1. The summed E-state index contributed by atoms with van der Waals surface area (Å²) in [4.78, 5) is 12.1. The Kier molecular flexibility index (Phi) is 9.05. The molecule has 0 fully saturated rings. The van der Waals surface area contributed by atoms with E-state index in [1.165, 1.54) is 11.1 Å². The molecule has 0 bridgehead atoms. The van der Waals surface area contributed by atoms with Crippen LogP contribution in [0.1, 0.15) is 62.0 Å². The Labute approximate surface area is 231 Å². The lowest BCUT2D eigenvalue weighted by Gasteiger charge is -2.21. The first-order chi connectivity index (χ1) is 18.7. The summed E-state index contributed by atoms with van der Waals surface area (Å²) < 4.78 is 5.34. The van der Waals surface area contributed by atoms with Crippen LogP contribution in [0.4, 0.5) is 10.5 Å². The Morgan fingerprint density at radius 2 is 1.46 bits per heavy atom. The molecule has 3 N–H and O–H groups in total. The van der Waals surface area contributed by atoms with E-state index in [9.17, 15) is 9.90 Å². The Morgan fingerprint density at radius 3 is 2.18 bits per heavy atom. The zero-order valence-electron chi connectivity index (χ0n) is 23.1. The van der Waals surface area contributed by atoms with Gasteiger partial charge in [0, 0.05) is 24.3 Å². The standard InChI is InChI=1S/C34H38N2O3/c1-24(22-36-33(38)39-34(2,3)4)28-13-10-14-29(21-28)32(37)30-15-8-9-16-31(30)35-23-25-17-19-27(20-18-25)26-11-6-5-7-12-26/h5-21,24,32,35,37H,22-23H2,1-4H3,(H,36,38). The molecule has 2 atom stereocenters. The highest BCUT2D eigenvalue weighted by molar-refractivity contribution is 5.67. The van der Waals surface area contributed by atoms with Crippen molar-refractivity contribution in [3.8, 4) is 11.1 Å². The number of carbonyl (C=O) groups is 1. The van der Waals surface area contributed by atoms with Crippen LogP contribution in [0.5, 0.6) is 0 Å². The van der Waals surface area contributed by atoms with Crippen LogP contribution in [0.3, 0.4) is 0 Å². The van der Waals surface area contributed by atoms with E-state index >= 15 is 0 Å². The lowest BCUT2D eigenvalue weighted by Crippen LogP contribution is -2.34. The summed E-state index contributed by atoms with van der Waals surface area (Å²) in [5, 5.41) is 17.7. The molecule has 0 aliphatic rings. The molecule has 4 aromatic rings. The molecule has 4 rings (SSSR count). The second-order valence-electron chi connectivity index (χ2n) is 10.9. The van der Waals surface area contributed by atoms with Crippen molar-refractivity contribution in [3.63, 3.8) is 0 Å². The summed E-state index contributed by atoms with van der Waals surface area (Å²) in [5.74, 6) is 0.0527. The second-order valence-corrected chi connectivity index (χ2v) is 10.9. The summed E-state index contributed by atoms with van der Waals surface area (Å²) in [7, 11) is 0. The number of nitrogens with one attached hydrogen (secondary N) is 2. The van der Waals surface area contributed by atoms with Crippen LogP contribution in [-0.2, 0) is 11.3 Å². The number of amides is 1. The highest BCUT2D eigenvalue weighted by atomic mass is 16.6. The summed E-state index contributed by atoms with van der Waals surface area (Å²) in [6.07, 6.45) is -1.22. The first-order valence-electron chi connectivity index (χ1n) is 13.4. The van der Waals surface area contributed by atoms with Gasteiger partial charge < -0.3 is 20.5 Å². The van der Waals surface area contributed by atoms with E-state index < -0.39 is 17.8 Å². The quantitative estimate of drug-likeness (QED) is 0.211. The predicted molar refractivity (Wildman–Crippen MR) is 159 cm³/mol. The van der Waals surface area contributed by atoms with E-state index in [4.69, 9.17) is 4.74 Å². The molecule has 5 heteroatoms. The van der Waals surface area contributed by atoms with Gasteiger partial charge in [0.15, 0.2) is 0 Å². The van der Waals surface area contributed by atoms with Crippen molar-refractivity contribution < 1.29 is 14.6 Å². The van der Waals surface area contributed by atoms with Gasteiger partial charge >= 0.3 is 6.09 Å². The van der Waals surface area contributed by atoms with Crippen LogP contribution in [-0.4, -0.2) is 23.3 Å². The number of ether oxygens (including phenoxy) is 1. The Hall–Kier alpha value is -4.09. The summed E-state index contributed by atoms with van der Waals surface area (Å²) in [6.45, 7) is 8.66. The molecule has 0 spiro atoms. The third-order valence-electron chi connectivity index (χ3n) is 6.55. The van der Waals surface area contributed by atoms with Crippen LogP contribution >= 0.6 is 0 Å². The molecular formula is C34H38N2O3. The topological polar surface area (TPSA) is 70.6 Å². The molecule has 0 aliphatic heterocycles. The van der Waals surface area contributed by atoms with Crippen molar-refractivity contribution >= 4 is 11.8 Å². The second kappa shape index (κ2) is 12.6. The number of hydrogen-bond donors (Lipinski definition) is 3. The van der Waals surface area contributed by atoms with E-state index in [0.29, 0.717) is 13.1 Å². The average Bonchev–Trinajstić information content (AvgIpc) is 2.94. The van der Waals surface area contributed by atoms with Gasteiger partial charge in [-0.2, -0.15) is 0 Å². The molecule has 0 saturated heterocycles. The predicted octanol–water partition coefficient (Wildman–Crippen LogP) is 7.68. The number of aliphatic hydroxyl groups excluding tert-OH is 1. The highest BCUT2D eigenvalue weighted by Crippen LogP contribution is 2.30. The van der Waals surface area contributed by atoms with Gasteiger partial charge in [-0.05, 0) is 60.6 Å². The maximum atomic E-state index is 12.1. The van der Waals surface area contributed by atoms with E-state index in [1.54, 1.807) is 0 Å². The first kappa shape index (κ1) is 27.9. The minimum Gasteiger partial charge on any atom is -0.444 e. The molecule has 0 heterocycles. The van der Waals surface area contributed by atoms with Crippen LogP contribution in [0, 0.1) is 0 Å². The van der Waals surface area contributed by atoms with E-state index in [0.717, 1.165) is 27.9 Å². The molecule has 5 nitrogen and oxygen atoms in total. The maximum Gasteiger partial charge on any atom is 0.407 e. The monoisotopic (exact) mass is 522 g/mol. The van der Waals surface area contributed by atoms with Gasteiger partial charge in [-0.3, -0.25) is 0 Å². The molecule has 0 saturated carbocycles. The SMILES string of the molecule is CC(CNC(=O)OC(C)(C)C)c1cccc(C(O)c2ccccc2NCc2ccc(-c3ccccc3)cc2)c1. The number of carbonyl (C=O) groups excluding carboxylic acids is 1. The average molecular weight is 523 g/mol. The Morgan fingerprint density at radius 1 is 0.821 bits per heavy atom. The van der Waals surface area contributed by atoms with Crippen molar-refractivity contribution in [1.29, 1.82) is 0 Å². The molecule has 39 heavy (non-hydrogen) atoms. The van der Waals surface area contributed by atoms with E-state index in [1.807, 2.05) is 94.4 Å². The molecule has 0 radical (unpaired) electrons. The molecular weight excluding hydrogens is 484 g/mol. The van der Waals surface area contributed by atoms with Crippen molar-refractivity contribution in [3.05, 3.63) is 125 Å². The summed E-state index contributed by atoms with van der Waals surface area (Å²) in [5.41, 5.74) is 6.55. The van der Waals surface area contributed by atoms with E-state index in [-0.39, 0.29) is 5.92 Å². The Bertz CT molecular complexity index is 1360. The minimum atomic E-state index is -0.792. The van der Waals surface area contributed by atoms with E-state index in [2.05, 4.69) is 47.0 Å². The zero-order chi connectivity index (χ0) is 27.8. The van der Waals surface area contributed by atoms with Gasteiger partial charge in [0.2, 0.25) is 0 Å². The van der Waals surface area contributed by atoms with Crippen LogP contribution in [0.25, 0.3) is 11.1 Å². The maximum absolute atomic E-state index is 12.1. The van der Waals surface area contributed by atoms with Gasteiger partial charge in [-0.15, -0.1) is 0 Å². The molecule has 2 unspecified atom stereocenters. The lowest BCUT2D eigenvalue weighted by atomic mass is 9.94. The van der Waals surface area contributed by atoms with Crippen LogP contribution in [0.15, 0.2) is 103 Å². The molecule has 4 aromatic carbocycles. The molecule has 202 valence electrons. The van der Waals surface area contributed by atoms with Crippen LogP contribution < -0.4 is 10.6 Å². The van der Waals surface area contributed by atoms with Gasteiger partial charge in [0.25, 0.3) is 0 Å².